The number of aryl methyl sites for hydroxylation is 1. The van der Waals surface area contributed by atoms with Crippen molar-refractivity contribution in [3.05, 3.63) is 29.3 Å². The van der Waals surface area contributed by atoms with E-state index in [4.69, 9.17) is 9.47 Å². The molecular weight excluding hydrogens is 268 g/mol. The molecule has 1 aliphatic carbocycles. The zero-order chi connectivity index (χ0) is 15.5. The number of methoxy groups -OCH3 is 1. The van der Waals surface area contributed by atoms with Gasteiger partial charge in [0.1, 0.15) is 0 Å². The normalized spacial score (nSPS) is 16.7. The lowest BCUT2D eigenvalue weighted by atomic mass is 9.93. The molecule has 0 aliphatic heterocycles. The molecule has 0 saturated heterocycles. The average Bonchev–Trinajstić information content (AvgIpc) is 2.80. The predicted octanol–water partition coefficient (Wildman–Crippen LogP) is 2.49. The van der Waals surface area contributed by atoms with Crippen LogP contribution >= 0.6 is 0 Å². The second-order valence-corrected chi connectivity index (χ2v) is 6.09. The second-order valence-electron chi connectivity index (χ2n) is 6.09. The number of esters is 1. The summed E-state index contributed by atoms with van der Waals surface area (Å²) in [6, 6.07) is 0. The summed E-state index contributed by atoms with van der Waals surface area (Å²) in [4.78, 5) is 12.0. The molecule has 116 valence electrons. The van der Waals surface area contributed by atoms with E-state index in [1.54, 1.807) is 7.11 Å². The van der Waals surface area contributed by atoms with E-state index in [-0.39, 0.29) is 5.97 Å². The lowest BCUT2D eigenvalue weighted by Gasteiger charge is -2.21. The number of hydrogen-bond acceptors (Lipinski definition) is 4. The van der Waals surface area contributed by atoms with E-state index >= 15 is 0 Å². The van der Waals surface area contributed by atoms with E-state index in [0.29, 0.717) is 13.2 Å². The van der Waals surface area contributed by atoms with Gasteiger partial charge in [-0.3, -0.25) is 9.48 Å². The van der Waals surface area contributed by atoms with Crippen LogP contribution in [0.5, 0.6) is 0 Å². The smallest absolute Gasteiger partial charge is 0.313 e. The highest BCUT2D eigenvalue weighted by Crippen LogP contribution is 2.26. The molecule has 0 spiro atoms. The van der Waals surface area contributed by atoms with Gasteiger partial charge in [0, 0.05) is 12.6 Å². The number of carbonyl (C=O) groups is 1. The molecule has 1 heterocycles. The molecule has 5 nitrogen and oxygen atoms in total. The molecule has 1 aliphatic rings. The quantitative estimate of drug-likeness (QED) is 0.618. The van der Waals surface area contributed by atoms with Crippen LogP contribution in [0.15, 0.2) is 18.0 Å². The van der Waals surface area contributed by atoms with E-state index in [1.807, 2.05) is 37.9 Å². The number of ether oxygens (including phenoxy) is 2. The molecule has 0 aromatic carbocycles. The van der Waals surface area contributed by atoms with Crippen molar-refractivity contribution in [2.75, 3.05) is 13.7 Å². The Kier molecular flexibility index (Phi) is 4.70. The van der Waals surface area contributed by atoms with E-state index < -0.39 is 5.41 Å². The van der Waals surface area contributed by atoms with Gasteiger partial charge in [0.05, 0.1) is 37.6 Å². The van der Waals surface area contributed by atoms with Crippen molar-refractivity contribution in [2.24, 2.45) is 5.41 Å². The molecular formula is C16H24N2O3. The van der Waals surface area contributed by atoms with Gasteiger partial charge in [-0.2, -0.15) is 5.10 Å². The first kappa shape index (κ1) is 15.6. The fourth-order valence-corrected chi connectivity index (χ4v) is 2.62. The highest BCUT2D eigenvalue weighted by Gasteiger charge is 2.30. The third-order valence-electron chi connectivity index (χ3n) is 3.69. The Morgan fingerprint density at radius 1 is 1.48 bits per heavy atom. The summed E-state index contributed by atoms with van der Waals surface area (Å²) in [5.41, 5.74) is 3.07. The summed E-state index contributed by atoms with van der Waals surface area (Å²) in [6.45, 7) is 6.54. The van der Waals surface area contributed by atoms with Gasteiger partial charge in [0.2, 0.25) is 0 Å². The first-order chi connectivity index (χ1) is 9.96. The molecule has 1 aromatic heterocycles. The molecule has 0 N–H and O–H groups in total. The minimum atomic E-state index is -0.574. The number of nitrogens with zero attached hydrogens (tertiary/aromatic N) is 2. The minimum absolute atomic E-state index is 0.182. The van der Waals surface area contributed by atoms with E-state index in [1.165, 1.54) is 11.1 Å². The highest BCUT2D eigenvalue weighted by molar-refractivity contribution is 5.75. The Morgan fingerprint density at radius 3 is 2.90 bits per heavy atom. The lowest BCUT2D eigenvalue weighted by molar-refractivity contribution is -0.154. The number of hydrogen-bond donors (Lipinski definition) is 0. The minimum Gasteiger partial charge on any atom is -0.504 e. The summed E-state index contributed by atoms with van der Waals surface area (Å²) in [5, 5.41) is 4.61. The van der Waals surface area contributed by atoms with Gasteiger partial charge in [0.25, 0.3) is 0 Å². The lowest BCUT2D eigenvalue weighted by Crippen LogP contribution is -2.31. The third kappa shape index (κ3) is 3.65. The average molecular weight is 292 g/mol. The van der Waals surface area contributed by atoms with Crippen LogP contribution in [-0.4, -0.2) is 29.5 Å². The highest BCUT2D eigenvalue weighted by atomic mass is 16.5. The number of aromatic nitrogens is 2. The molecule has 5 heteroatoms. The van der Waals surface area contributed by atoms with Crippen molar-refractivity contribution in [1.29, 1.82) is 0 Å². The summed E-state index contributed by atoms with van der Waals surface area (Å²) in [6.07, 6.45) is 6.65. The van der Waals surface area contributed by atoms with Gasteiger partial charge in [-0.25, -0.2) is 0 Å². The predicted molar refractivity (Wildman–Crippen MR) is 79.8 cm³/mol. The van der Waals surface area contributed by atoms with Crippen LogP contribution in [0.2, 0.25) is 0 Å². The summed E-state index contributed by atoms with van der Waals surface area (Å²) >= 11 is 0. The summed E-state index contributed by atoms with van der Waals surface area (Å²) in [7, 11) is 1.67. The molecule has 0 radical (unpaired) electrons. The van der Waals surface area contributed by atoms with Gasteiger partial charge < -0.3 is 9.47 Å². The van der Waals surface area contributed by atoms with E-state index in [2.05, 4.69) is 5.10 Å². The zero-order valence-corrected chi connectivity index (χ0v) is 13.3. The second kappa shape index (κ2) is 6.33. The zero-order valence-electron chi connectivity index (χ0n) is 13.3. The van der Waals surface area contributed by atoms with Gasteiger partial charge in [-0.05, 0) is 44.7 Å². The van der Waals surface area contributed by atoms with Crippen molar-refractivity contribution >= 4 is 5.97 Å². The molecule has 1 aromatic rings. The van der Waals surface area contributed by atoms with Crippen LogP contribution in [0.4, 0.5) is 0 Å². The molecule has 0 amide bonds. The maximum atomic E-state index is 12.0. The first-order valence-electron chi connectivity index (χ1n) is 7.39. The maximum absolute atomic E-state index is 12.0. The van der Waals surface area contributed by atoms with Crippen LogP contribution in [0, 0.1) is 5.41 Å². The first-order valence-corrected chi connectivity index (χ1v) is 7.39. The van der Waals surface area contributed by atoms with E-state index in [9.17, 15) is 4.79 Å². The molecule has 21 heavy (non-hydrogen) atoms. The Hall–Kier alpha value is -1.78. The summed E-state index contributed by atoms with van der Waals surface area (Å²) < 4.78 is 12.1. The topological polar surface area (TPSA) is 53.4 Å². The summed E-state index contributed by atoms with van der Waals surface area (Å²) in [5.74, 6) is -0.182. The van der Waals surface area contributed by atoms with Crippen molar-refractivity contribution in [1.82, 2.24) is 9.78 Å². The Balaban J connectivity index is 2.10. The van der Waals surface area contributed by atoms with Crippen LogP contribution < -0.4 is 0 Å². The van der Waals surface area contributed by atoms with Crippen molar-refractivity contribution in [3.63, 3.8) is 0 Å². The van der Waals surface area contributed by atoms with Crippen molar-refractivity contribution < 1.29 is 14.3 Å². The van der Waals surface area contributed by atoms with Crippen LogP contribution in [0.1, 0.15) is 38.4 Å². The van der Waals surface area contributed by atoms with Crippen LogP contribution in [-0.2, 0) is 33.7 Å². The fourth-order valence-electron chi connectivity index (χ4n) is 2.62. The van der Waals surface area contributed by atoms with Crippen LogP contribution in [0.3, 0.4) is 0 Å². The fraction of sp³-hybridized carbons (Fsp3) is 0.625. The molecule has 0 fully saturated rings. The standard InChI is InChI=1S/C16H24N2O3/c1-5-21-15(19)16(2,3)11-18-9-13-8-12(10-20-4)6-7-14(13)17-18/h9-10H,5-8,11H2,1-4H3/b12-10+. The SMILES string of the molecule is CCOC(=O)C(C)(C)Cn1cc2c(n1)CC/C(=C\OC)C2. The van der Waals surface area contributed by atoms with Gasteiger partial charge >= 0.3 is 5.97 Å². The Bertz CT molecular complexity index is 544. The van der Waals surface area contributed by atoms with Gasteiger partial charge in [-0.1, -0.05) is 0 Å². The number of carbonyl (C=O) groups excluding carboxylic acids is 1. The number of fused-ring (bicyclic) bond motifs is 1. The molecule has 0 unspecified atom stereocenters. The van der Waals surface area contributed by atoms with Gasteiger partial charge in [0.15, 0.2) is 0 Å². The molecule has 2 rings (SSSR count). The maximum Gasteiger partial charge on any atom is 0.313 e. The van der Waals surface area contributed by atoms with Crippen LogP contribution in [0.25, 0.3) is 0 Å². The number of allylic oxidation sites excluding steroid dienone is 1. The Labute approximate surface area is 125 Å². The third-order valence-corrected chi connectivity index (χ3v) is 3.69. The van der Waals surface area contributed by atoms with Crippen molar-refractivity contribution in [3.8, 4) is 0 Å². The molecule has 0 saturated carbocycles. The van der Waals surface area contributed by atoms with E-state index in [0.717, 1.165) is 25.0 Å². The largest absolute Gasteiger partial charge is 0.504 e. The van der Waals surface area contributed by atoms with Gasteiger partial charge in [-0.15, -0.1) is 0 Å². The monoisotopic (exact) mass is 292 g/mol. The molecule has 0 atom stereocenters. The Morgan fingerprint density at radius 2 is 2.24 bits per heavy atom. The van der Waals surface area contributed by atoms with Crippen molar-refractivity contribution in [2.45, 2.75) is 46.6 Å². The number of rotatable bonds is 5. The molecule has 0 bridgehead atoms.